The van der Waals surface area contributed by atoms with Gasteiger partial charge in [-0.3, -0.25) is 4.99 Å². The van der Waals surface area contributed by atoms with Crippen molar-refractivity contribution in [2.75, 3.05) is 18.5 Å². The SMILES string of the molecule is NC(=NCCO)Nc1cccc(OC(F)(F)F)c1. The first-order valence-electron chi connectivity index (χ1n) is 4.94. The monoisotopic (exact) mass is 263 g/mol. The lowest BCUT2D eigenvalue weighted by Crippen LogP contribution is -2.23. The van der Waals surface area contributed by atoms with Crippen LogP contribution in [0.15, 0.2) is 29.3 Å². The van der Waals surface area contributed by atoms with Crippen LogP contribution in [0.3, 0.4) is 0 Å². The van der Waals surface area contributed by atoms with Crippen molar-refractivity contribution < 1.29 is 23.0 Å². The number of alkyl halides is 3. The van der Waals surface area contributed by atoms with Crippen LogP contribution >= 0.6 is 0 Å². The molecule has 0 unspecified atom stereocenters. The van der Waals surface area contributed by atoms with E-state index in [0.29, 0.717) is 5.69 Å². The molecule has 0 heterocycles. The zero-order valence-electron chi connectivity index (χ0n) is 9.24. The summed E-state index contributed by atoms with van der Waals surface area (Å²) in [6, 6.07) is 5.18. The summed E-state index contributed by atoms with van der Waals surface area (Å²) in [7, 11) is 0. The van der Waals surface area contributed by atoms with Crippen LogP contribution in [0, 0.1) is 0 Å². The van der Waals surface area contributed by atoms with Crippen LogP contribution in [0.1, 0.15) is 0 Å². The maximum absolute atomic E-state index is 12.0. The Hall–Kier alpha value is -1.96. The molecule has 0 aliphatic carbocycles. The summed E-state index contributed by atoms with van der Waals surface area (Å²) in [6.07, 6.45) is -4.74. The van der Waals surface area contributed by atoms with E-state index < -0.39 is 6.36 Å². The summed E-state index contributed by atoms with van der Waals surface area (Å²) >= 11 is 0. The predicted octanol–water partition coefficient (Wildman–Crippen LogP) is 1.30. The summed E-state index contributed by atoms with van der Waals surface area (Å²) in [5.74, 6) is -0.365. The van der Waals surface area contributed by atoms with Crippen molar-refractivity contribution in [1.82, 2.24) is 0 Å². The number of anilines is 1. The molecule has 4 N–H and O–H groups in total. The second-order valence-electron chi connectivity index (χ2n) is 3.19. The molecule has 1 aromatic rings. The highest BCUT2D eigenvalue weighted by Gasteiger charge is 2.31. The summed E-state index contributed by atoms with van der Waals surface area (Å²) in [5, 5.41) is 11.1. The lowest BCUT2D eigenvalue weighted by molar-refractivity contribution is -0.274. The number of hydrogen-bond donors (Lipinski definition) is 3. The van der Waals surface area contributed by atoms with Gasteiger partial charge in [0.1, 0.15) is 5.75 Å². The average molecular weight is 263 g/mol. The number of nitrogens with two attached hydrogens (primary N) is 1. The van der Waals surface area contributed by atoms with E-state index in [-0.39, 0.29) is 24.9 Å². The average Bonchev–Trinajstić information content (AvgIpc) is 2.24. The zero-order chi connectivity index (χ0) is 13.6. The van der Waals surface area contributed by atoms with Crippen LogP contribution in [0.4, 0.5) is 18.9 Å². The zero-order valence-corrected chi connectivity index (χ0v) is 9.24. The maximum atomic E-state index is 12.0. The van der Waals surface area contributed by atoms with Crippen LogP contribution in [0.25, 0.3) is 0 Å². The van der Waals surface area contributed by atoms with E-state index in [2.05, 4.69) is 15.0 Å². The molecule has 0 bridgehead atoms. The van der Waals surface area contributed by atoms with Crippen molar-refractivity contribution >= 4 is 11.6 Å². The number of benzene rings is 1. The molecule has 0 aliphatic heterocycles. The minimum atomic E-state index is -4.74. The summed E-state index contributed by atoms with van der Waals surface area (Å²) in [6.45, 7) is -0.0584. The second kappa shape index (κ2) is 6.10. The molecule has 0 radical (unpaired) electrons. The molecule has 1 rings (SSSR count). The first-order valence-corrected chi connectivity index (χ1v) is 4.94. The lowest BCUT2D eigenvalue weighted by atomic mass is 10.3. The Bertz CT molecular complexity index is 421. The molecule has 0 aromatic heterocycles. The molecular weight excluding hydrogens is 251 g/mol. The highest BCUT2D eigenvalue weighted by atomic mass is 19.4. The number of ether oxygens (including phenoxy) is 1. The summed E-state index contributed by atoms with van der Waals surface area (Å²) < 4.78 is 39.7. The van der Waals surface area contributed by atoms with Crippen molar-refractivity contribution in [1.29, 1.82) is 0 Å². The molecule has 0 aliphatic rings. The minimum absolute atomic E-state index is 0.00629. The van der Waals surface area contributed by atoms with Gasteiger partial charge in [0.15, 0.2) is 5.96 Å². The fourth-order valence-electron chi connectivity index (χ4n) is 1.13. The smallest absolute Gasteiger partial charge is 0.406 e. The number of hydrogen-bond acceptors (Lipinski definition) is 3. The number of guanidine groups is 1. The third-order valence-electron chi connectivity index (χ3n) is 1.72. The number of nitrogens with one attached hydrogen (secondary N) is 1. The number of nitrogens with zero attached hydrogens (tertiary/aromatic N) is 1. The molecule has 0 saturated carbocycles. The van der Waals surface area contributed by atoms with Gasteiger partial charge in [0.2, 0.25) is 0 Å². The molecule has 0 fully saturated rings. The molecule has 0 atom stereocenters. The van der Waals surface area contributed by atoms with Crippen molar-refractivity contribution in [2.45, 2.75) is 6.36 Å². The lowest BCUT2D eigenvalue weighted by Gasteiger charge is -2.10. The first-order chi connectivity index (χ1) is 8.40. The third-order valence-corrected chi connectivity index (χ3v) is 1.72. The Morgan fingerprint density at radius 1 is 1.44 bits per heavy atom. The number of rotatable bonds is 4. The van der Waals surface area contributed by atoms with Crippen molar-refractivity contribution in [3.05, 3.63) is 24.3 Å². The maximum Gasteiger partial charge on any atom is 0.573 e. The van der Waals surface area contributed by atoms with Gasteiger partial charge in [-0.1, -0.05) is 6.07 Å². The Morgan fingerprint density at radius 3 is 2.78 bits per heavy atom. The van der Waals surface area contributed by atoms with Gasteiger partial charge in [0.25, 0.3) is 0 Å². The molecular formula is C10H12F3N3O2. The highest BCUT2D eigenvalue weighted by Crippen LogP contribution is 2.24. The number of aliphatic hydroxyl groups is 1. The van der Waals surface area contributed by atoms with Crippen molar-refractivity contribution in [3.63, 3.8) is 0 Å². The topological polar surface area (TPSA) is 79.9 Å². The van der Waals surface area contributed by atoms with E-state index >= 15 is 0 Å². The van der Waals surface area contributed by atoms with Crippen LogP contribution in [0.2, 0.25) is 0 Å². The molecule has 8 heteroatoms. The largest absolute Gasteiger partial charge is 0.573 e. The number of aliphatic imine (C=N–C) groups is 1. The molecule has 0 saturated heterocycles. The van der Waals surface area contributed by atoms with E-state index in [9.17, 15) is 13.2 Å². The Kier molecular flexibility index (Phi) is 4.78. The first kappa shape index (κ1) is 14.1. The Morgan fingerprint density at radius 2 is 2.17 bits per heavy atom. The van der Waals surface area contributed by atoms with Crippen molar-refractivity contribution in [3.8, 4) is 5.75 Å². The van der Waals surface area contributed by atoms with E-state index in [0.717, 1.165) is 6.07 Å². The van der Waals surface area contributed by atoms with Crippen LogP contribution < -0.4 is 15.8 Å². The van der Waals surface area contributed by atoms with Gasteiger partial charge < -0.3 is 20.9 Å². The molecule has 18 heavy (non-hydrogen) atoms. The Balaban J connectivity index is 2.70. The van der Waals surface area contributed by atoms with Crippen LogP contribution in [0.5, 0.6) is 5.75 Å². The number of halogens is 3. The fraction of sp³-hybridized carbons (Fsp3) is 0.300. The predicted molar refractivity (Wildman–Crippen MR) is 60.3 cm³/mol. The molecule has 1 aromatic carbocycles. The van der Waals surface area contributed by atoms with Gasteiger partial charge >= 0.3 is 6.36 Å². The third kappa shape index (κ3) is 5.39. The van der Waals surface area contributed by atoms with Gasteiger partial charge in [-0.05, 0) is 12.1 Å². The fourth-order valence-corrected chi connectivity index (χ4v) is 1.13. The molecule has 0 amide bonds. The normalized spacial score (nSPS) is 12.3. The quantitative estimate of drug-likeness (QED) is 0.565. The van der Waals surface area contributed by atoms with Gasteiger partial charge in [-0.2, -0.15) is 0 Å². The molecule has 0 spiro atoms. The van der Waals surface area contributed by atoms with Gasteiger partial charge in [0, 0.05) is 11.8 Å². The summed E-state index contributed by atoms with van der Waals surface area (Å²) in [5.41, 5.74) is 5.74. The summed E-state index contributed by atoms with van der Waals surface area (Å²) in [4.78, 5) is 3.71. The van der Waals surface area contributed by atoms with E-state index in [1.54, 1.807) is 0 Å². The standard InChI is InChI=1S/C10H12F3N3O2/c11-10(12,13)18-8-3-1-2-7(6-8)16-9(14)15-4-5-17/h1-3,6,17H,4-5H2,(H3,14,15,16). The minimum Gasteiger partial charge on any atom is -0.406 e. The Labute approximate surface area is 101 Å². The van der Waals surface area contributed by atoms with Crippen molar-refractivity contribution in [2.24, 2.45) is 10.7 Å². The molecule has 100 valence electrons. The van der Waals surface area contributed by atoms with E-state index in [1.807, 2.05) is 0 Å². The van der Waals surface area contributed by atoms with E-state index in [1.165, 1.54) is 18.2 Å². The second-order valence-corrected chi connectivity index (χ2v) is 3.19. The van der Waals surface area contributed by atoms with Crippen LogP contribution in [-0.2, 0) is 0 Å². The highest BCUT2D eigenvalue weighted by molar-refractivity contribution is 5.92. The number of aliphatic hydroxyl groups excluding tert-OH is 1. The van der Waals surface area contributed by atoms with Gasteiger partial charge in [0.05, 0.1) is 13.2 Å². The van der Waals surface area contributed by atoms with E-state index in [4.69, 9.17) is 10.8 Å². The van der Waals surface area contributed by atoms with Gasteiger partial charge in [-0.15, -0.1) is 13.2 Å². The molecule has 5 nitrogen and oxygen atoms in total. The van der Waals surface area contributed by atoms with Crippen LogP contribution in [-0.4, -0.2) is 30.6 Å². The van der Waals surface area contributed by atoms with Gasteiger partial charge in [-0.25, -0.2) is 0 Å².